The summed E-state index contributed by atoms with van der Waals surface area (Å²) >= 11 is 0. The second-order valence-electron chi connectivity index (χ2n) is 8.48. The summed E-state index contributed by atoms with van der Waals surface area (Å²) in [5, 5.41) is 11.3. The molecule has 1 fully saturated rings. The summed E-state index contributed by atoms with van der Waals surface area (Å²) in [6, 6.07) is 3.66. The first kappa shape index (κ1) is 20.2. The molecule has 3 aromatic rings. The van der Waals surface area contributed by atoms with Crippen LogP contribution in [0.3, 0.4) is 0 Å². The van der Waals surface area contributed by atoms with E-state index in [0.29, 0.717) is 35.3 Å². The van der Waals surface area contributed by atoms with E-state index in [4.69, 9.17) is 9.26 Å². The van der Waals surface area contributed by atoms with Crippen LogP contribution in [0.25, 0.3) is 17.3 Å². The molecule has 158 valence electrons. The van der Waals surface area contributed by atoms with E-state index in [-0.39, 0.29) is 17.4 Å². The SMILES string of the molecule is Cc1c(C(=O)NC[C@@H]2CCCO2)cnn1-c1ccc(-c2nc(C(C)(C)C)no2)cn1. The van der Waals surface area contributed by atoms with E-state index >= 15 is 0 Å². The number of carbonyl (C=O) groups excluding carboxylic acids is 1. The van der Waals surface area contributed by atoms with E-state index in [1.165, 1.54) is 0 Å². The lowest BCUT2D eigenvalue weighted by Gasteiger charge is -2.11. The van der Waals surface area contributed by atoms with E-state index < -0.39 is 0 Å². The van der Waals surface area contributed by atoms with Gasteiger partial charge >= 0.3 is 0 Å². The Kier molecular flexibility index (Phi) is 5.38. The van der Waals surface area contributed by atoms with Crippen LogP contribution in [0.15, 0.2) is 29.0 Å². The Labute approximate surface area is 174 Å². The summed E-state index contributed by atoms with van der Waals surface area (Å²) in [4.78, 5) is 21.4. The molecule has 0 aromatic carbocycles. The molecule has 0 radical (unpaired) electrons. The van der Waals surface area contributed by atoms with Crippen molar-refractivity contribution in [2.45, 2.75) is 52.1 Å². The molecule has 30 heavy (non-hydrogen) atoms. The summed E-state index contributed by atoms with van der Waals surface area (Å²) < 4.78 is 12.6. The molecular formula is C21H26N6O3. The van der Waals surface area contributed by atoms with Gasteiger partial charge in [0.2, 0.25) is 0 Å². The van der Waals surface area contributed by atoms with Crippen molar-refractivity contribution in [2.75, 3.05) is 13.2 Å². The van der Waals surface area contributed by atoms with Crippen molar-refractivity contribution in [3.05, 3.63) is 41.6 Å². The molecule has 1 aliphatic heterocycles. The third-order valence-corrected chi connectivity index (χ3v) is 5.08. The molecular weight excluding hydrogens is 384 g/mol. The van der Waals surface area contributed by atoms with Crippen molar-refractivity contribution in [1.82, 2.24) is 30.2 Å². The van der Waals surface area contributed by atoms with Crippen LogP contribution in [0.1, 0.15) is 55.5 Å². The van der Waals surface area contributed by atoms with Gasteiger partial charge in [-0.1, -0.05) is 25.9 Å². The van der Waals surface area contributed by atoms with Crippen molar-refractivity contribution in [3.8, 4) is 17.3 Å². The van der Waals surface area contributed by atoms with Crippen LogP contribution in [0.5, 0.6) is 0 Å². The number of amides is 1. The predicted molar refractivity (Wildman–Crippen MR) is 109 cm³/mol. The lowest BCUT2D eigenvalue weighted by molar-refractivity contribution is 0.0857. The zero-order valence-corrected chi connectivity index (χ0v) is 17.7. The Bertz CT molecular complexity index is 1030. The molecule has 9 heteroatoms. The molecule has 0 saturated carbocycles. The number of nitrogens with one attached hydrogen (secondary N) is 1. The predicted octanol–water partition coefficient (Wildman–Crippen LogP) is 2.83. The summed E-state index contributed by atoms with van der Waals surface area (Å²) in [5.41, 5.74) is 1.77. The molecule has 1 N–H and O–H groups in total. The maximum absolute atomic E-state index is 12.5. The van der Waals surface area contributed by atoms with Crippen LogP contribution >= 0.6 is 0 Å². The van der Waals surface area contributed by atoms with Gasteiger partial charge in [0, 0.05) is 24.8 Å². The van der Waals surface area contributed by atoms with Crippen molar-refractivity contribution in [1.29, 1.82) is 0 Å². The Morgan fingerprint density at radius 3 is 2.77 bits per heavy atom. The van der Waals surface area contributed by atoms with Gasteiger partial charge in [0.25, 0.3) is 11.8 Å². The maximum atomic E-state index is 12.5. The summed E-state index contributed by atoms with van der Waals surface area (Å²) in [5.74, 6) is 1.50. The average molecular weight is 410 g/mol. The van der Waals surface area contributed by atoms with Gasteiger partial charge in [0.05, 0.1) is 29.1 Å². The first-order valence-corrected chi connectivity index (χ1v) is 10.1. The molecule has 1 atom stereocenters. The van der Waals surface area contributed by atoms with Gasteiger partial charge in [-0.25, -0.2) is 9.67 Å². The van der Waals surface area contributed by atoms with Crippen LogP contribution in [0.2, 0.25) is 0 Å². The van der Waals surface area contributed by atoms with Gasteiger partial charge in [-0.2, -0.15) is 10.1 Å². The van der Waals surface area contributed by atoms with Crippen LogP contribution in [0.4, 0.5) is 0 Å². The van der Waals surface area contributed by atoms with Crippen molar-refractivity contribution in [2.24, 2.45) is 0 Å². The molecule has 4 heterocycles. The molecule has 3 aromatic heterocycles. The van der Waals surface area contributed by atoms with Crippen molar-refractivity contribution in [3.63, 3.8) is 0 Å². The zero-order valence-electron chi connectivity index (χ0n) is 17.7. The Morgan fingerprint density at radius 2 is 2.13 bits per heavy atom. The van der Waals surface area contributed by atoms with E-state index in [0.717, 1.165) is 25.0 Å². The first-order valence-electron chi connectivity index (χ1n) is 10.1. The quantitative estimate of drug-likeness (QED) is 0.689. The zero-order chi connectivity index (χ0) is 21.3. The Hall–Kier alpha value is -3.07. The molecule has 4 rings (SSSR count). The molecule has 0 aliphatic carbocycles. The fourth-order valence-electron chi connectivity index (χ4n) is 3.25. The van der Waals surface area contributed by atoms with Gasteiger partial charge in [0.1, 0.15) is 0 Å². The highest BCUT2D eigenvalue weighted by Crippen LogP contribution is 2.24. The Morgan fingerprint density at radius 1 is 1.30 bits per heavy atom. The maximum Gasteiger partial charge on any atom is 0.259 e. The summed E-state index contributed by atoms with van der Waals surface area (Å²) in [7, 11) is 0. The number of carbonyl (C=O) groups is 1. The van der Waals surface area contributed by atoms with Crippen LogP contribution in [0, 0.1) is 6.92 Å². The van der Waals surface area contributed by atoms with Crippen LogP contribution < -0.4 is 5.32 Å². The first-order chi connectivity index (χ1) is 14.3. The van der Waals surface area contributed by atoms with E-state index in [1.807, 2.05) is 39.8 Å². The summed E-state index contributed by atoms with van der Waals surface area (Å²) in [6.45, 7) is 9.20. The number of ether oxygens (including phenoxy) is 1. The van der Waals surface area contributed by atoms with Gasteiger partial charge in [-0.15, -0.1) is 0 Å². The monoisotopic (exact) mass is 410 g/mol. The summed E-state index contributed by atoms with van der Waals surface area (Å²) in [6.07, 6.45) is 5.34. The number of aromatic nitrogens is 5. The second kappa shape index (κ2) is 7.98. The fraction of sp³-hybridized carbons (Fsp3) is 0.476. The molecule has 0 unspecified atom stereocenters. The third kappa shape index (κ3) is 4.11. The topological polar surface area (TPSA) is 108 Å². The lowest BCUT2D eigenvalue weighted by Crippen LogP contribution is -2.32. The van der Waals surface area contributed by atoms with Crippen LogP contribution in [-0.4, -0.2) is 50.1 Å². The average Bonchev–Trinajstić information content (AvgIpc) is 3.46. The fourth-order valence-corrected chi connectivity index (χ4v) is 3.25. The highest BCUT2D eigenvalue weighted by Gasteiger charge is 2.22. The number of pyridine rings is 1. The third-order valence-electron chi connectivity index (χ3n) is 5.08. The van der Waals surface area contributed by atoms with Gasteiger partial charge < -0.3 is 14.6 Å². The number of nitrogens with zero attached hydrogens (tertiary/aromatic N) is 5. The highest BCUT2D eigenvalue weighted by molar-refractivity contribution is 5.95. The lowest BCUT2D eigenvalue weighted by atomic mass is 9.96. The minimum atomic E-state index is -0.192. The number of hydrogen-bond donors (Lipinski definition) is 1. The standard InChI is InChI=1S/C21H26N6O3/c1-13-16(18(28)23-11-15-6-5-9-29-15)12-24-27(13)17-8-7-14(10-22-17)19-25-20(26-30-19)21(2,3)4/h7-8,10,12,15H,5-6,9,11H2,1-4H3,(H,23,28)/t15-/m0/s1. The van der Waals surface area contributed by atoms with E-state index in [1.54, 1.807) is 17.1 Å². The van der Waals surface area contributed by atoms with Crippen molar-refractivity contribution < 1.29 is 14.1 Å². The molecule has 1 saturated heterocycles. The highest BCUT2D eigenvalue weighted by atomic mass is 16.5. The van der Waals surface area contributed by atoms with Crippen LogP contribution in [-0.2, 0) is 10.2 Å². The van der Waals surface area contributed by atoms with Gasteiger partial charge in [-0.05, 0) is 31.9 Å². The normalized spacial score (nSPS) is 16.7. The minimum absolute atomic E-state index is 0.0991. The molecule has 0 spiro atoms. The van der Waals surface area contributed by atoms with E-state index in [2.05, 4.69) is 25.5 Å². The number of hydrogen-bond acceptors (Lipinski definition) is 7. The molecule has 9 nitrogen and oxygen atoms in total. The van der Waals surface area contributed by atoms with Gasteiger partial charge in [0.15, 0.2) is 11.6 Å². The molecule has 1 amide bonds. The number of rotatable bonds is 5. The minimum Gasteiger partial charge on any atom is -0.376 e. The smallest absolute Gasteiger partial charge is 0.259 e. The van der Waals surface area contributed by atoms with E-state index in [9.17, 15) is 4.79 Å². The largest absolute Gasteiger partial charge is 0.376 e. The Balaban J connectivity index is 1.48. The molecule has 0 bridgehead atoms. The van der Waals surface area contributed by atoms with Gasteiger partial charge in [-0.3, -0.25) is 4.79 Å². The second-order valence-corrected chi connectivity index (χ2v) is 8.48. The van der Waals surface area contributed by atoms with Crippen molar-refractivity contribution >= 4 is 5.91 Å². The molecule has 1 aliphatic rings.